The predicted molar refractivity (Wildman–Crippen MR) is 119 cm³/mol. The lowest BCUT2D eigenvalue weighted by Crippen LogP contribution is -2.27. The van der Waals surface area contributed by atoms with Crippen LogP contribution < -0.4 is 4.74 Å². The Labute approximate surface area is 181 Å². The van der Waals surface area contributed by atoms with Crippen molar-refractivity contribution in [2.75, 3.05) is 20.3 Å². The molecule has 1 aromatic heterocycles. The molecule has 0 saturated heterocycles. The molecule has 1 amide bonds. The van der Waals surface area contributed by atoms with Gasteiger partial charge in [-0.15, -0.1) is 0 Å². The SMILES string of the molecule is COc1cccc([C@@H](C)N2Cc3c(cc(-c4cn[nH]c4)cc3C3=CCOCC3)C2=O)c1. The van der Waals surface area contributed by atoms with Crippen molar-refractivity contribution in [3.8, 4) is 16.9 Å². The van der Waals surface area contributed by atoms with E-state index in [1.807, 2.05) is 41.4 Å². The number of carbonyl (C=O) groups excluding carboxylic acids is 1. The predicted octanol–water partition coefficient (Wildman–Crippen LogP) is 4.61. The monoisotopic (exact) mass is 415 g/mol. The van der Waals surface area contributed by atoms with Crippen LogP contribution in [0.25, 0.3) is 16.7 Å². The molecule has 1 atom stereocenters. The number of amides is 1. The van der Waals surface area contributed by atoms with Gasteiger partial charge in [-0.05, 0) is 65.4 Å². The molecule has 0 unspecified atom stereocenters. The molecular formula is C25H25N3O3. The lowest BCUT2D eigenvalue weighted by Gasteiger charge is -2.25. The molecular weight excluding hydrogens is 390 g/mol. The second-order valence-corrected chi connectivity index (χ2v) is 7.98. The zero-order valence-electron chi connectivity index (χ0n) is 17.7. The van der Waals surface area contributed by atoms with Gasteiger partial charge in [0, 0.05) is 23.9 Å². The summed E-state index contributed by atoms with van der Waals surface area (Å²) >= 11 is 0. The molecule has 6 nitrogen and oxygen atoms in total. The summed E-state index contributed by atoms with van der Waals surface area (Å²) in [6.45, 7) is 3.97. The number of ether oxygens (including phenoxy) is 2. The number of hydrogen-bond donors (Lipinski definition) is 1. The molecule has 3 heterocycles. The standard InChI is InChI=1S/C25H25N3O3/c1-16(18-4-3-5-21(10-18)30-2)28-15-24-22(17-6-8-31-9-7-17)11-19(12-23(24)25(28)29)20-13-26-27-14-20/h3-6,10-14,16H,7-9,15H2,1-2H3,(H,26,27)/t16-/m1/s1. The van der Waals surface area contributed by atoms with Crippen LogP contribution in [0.1, 0.15) is 46.4 Å². The zero-order valence-corrected chi connectivity index (χ0v) is 17.7. The fourth-order valence-electron chi connectivity index (χ4n) is 4.46. The third-order valence-electron chi connectivity index (χ3n) is 6.25. The van der Waals surface area contributed by atoms with Gasteiger partial charge in [-0.2, -0.15) is 5.10 Å². The van der Waals surface area contributed by atoms with Crippen LogP contribution in [0.2, 0.25) is 0 Å². The number of nitrogens with zero attached hydrogens (tertiary/aromatic N) is 2. The van der Waals surface area contributed by atoms with E-state index in [1.54, 1.807) is 13.3 Å². The molecule has 6 heteroatoms. The molecule has 31 heavy (non-hydrogen) atoms. The summed E-state index contributed by atoms with van der Waals surface area (Å²) in [6.07, 6.45) is 6.64. The first-order valence-electron chi connectivity index (χ1n) is 10.5. The van der Waals surface area contributed by atoms with Crippen LogP contribution in [-0.2, 0) is 11.3 Å². The minimum Gasteiger partial charge on any atom is -0.497 e. The molecule has 0 spiro atoms. The van der Waals surface area contributed by atoms with E-state index in [0.717, 1.165) is 45.6 Å². The van der Waals surface area contributed by atoms with Crippen molar-refractivity contribution in [3.63, 3.8) is 0 Å². The summed E-state index contributed by atoms with van der Waals surface area (Å²) in [6, 6.07) is 12.1. The molecule has 2 aliphatic rings. The number of nitrogens with one attached hydrogen (secondary N) is 1. The van der Waals surface area contributed by atoms with E-state index in [0.29, 0.717) is 19.8 Å². The van der Waals surface area contributed by atoms with Gasteiger partial charge < -0.3 is 14.4 Å². The lowest BCUT2D eigenvalue weighted by molar-refractivity contribution is 0.0715. The van der Waals surface area contributed by atoms with Gasteiger partial charge in [-0.25, -0.2) is 0 Å². The van der Waals surface area contributed by atoms with E-state index in [4.69, 9.17) is 9.47 Å². The number of methoxy groups -OCH3 is 1. The van der Waals surface area contributed by atoms with Crippen molar-refractivity contribution in [1.29, 1.82) is 0 Å². The summed E-state index contributed by atoms with van der Waals surface area (Å²) in [5.41, 5.74) is 7.29. The molecule has 0 radical (unpaired) electrons. The smallest absolute Gasteiger partial charge is 0.255 e. The van der Waals surface area contributed by atoms with Crippen LogP contribution in [0.4, 0.5) is 0 Å². The highest BCUT2D eigenvalue weighted by Gasteiger charge is 2.34. The van der Waals surface area contributed by atoms with E-state index < -0.39 is 0 Å². The number of aromatic nitrogens is 2. The van der Waals surface area contributed by atoms with Gasteiger partial charge in [0.25, 0.3) is 5.91 Å². The van der Waals surface area contributed by atoms with Crippen LogP contribution in [0.3, 0.4) is 0 Å². The Bertz CT molecular complexity index is 1150. The first kappa shape index (κ1) is 19.6. The molecule has 2 aromatic carbocycles. The van der Waals surface area contributed by atoms with Crippen molar-refractivity contribution in [2.24, 2.45) is 0 Å². The van der Waals surface area contributed by atoms with Crippen molar-refractivity contribution in [3.05, 3.63) is 77.1 Å². The van der Waals surface area contributed by atoms with Crippen molar-refractivity contribution in [2.45, 2.75) is 25.9 Å². The first-order chi connectivity index (χ1) is 15.2. The fourth-order valence-corrected chi connectivity index (χ4v) is 4.46. The Morgan fingerprint density at radius 3 is 2.81 bits per heavy atom. The van der Waals surface area contributed by atoms with Crippen molar-refractivity contribution in [1.82, 2.24) is 15.1 Å². The number of H-pyrrole nitrogens is 1. The average molecular weight is 415 g/mol. The molecule has 3 aromatic rings. The highest BCUT2D eigenvalue weighted by atomic mass is 16.5. The summed E-state index contributed by atoms with van der Waals surface area (Å²) < 4.78 is 10.9. The van der Waals surface area contributed by atoms with Crippen LogP contribution in [0.5, 0.6) is 5.75 Å². The van der Waals surface area contributed by atoms with Gasteiger partial charge >= 0.3 is 0 Å². The molecule has 0 saturated carbocycles. The number of carbonyl (C=O) groups is 1. The van der Waals surface area contributed by atoms with E-state index in [-0.39, 0.29) is 11.9 Å². The topological polar surface area (TPSA) is 67.4 Å². The Morgan fingerprint density at radius 2 is 2.06 bits per heavy atom. The highest BCUT2D eigenvalue weighted by molar-refractivity contribution is 6.01. The Balaban J connectivity index is 1.57. The molecule has 5 rings (SSSR count). The third-order valence-corrected chi connectivity index (χ3v) is 6.25. The maximum absolute atomic E-state index is 13.5. The Hall–Kier alpha value is -3.38. The minimum atomic E-state index is -0.0658. The van der Waals surface area contributed by atoms with Gasteiger partial charge in [-0.1, -0.05) is 18.2 Å². The van der Waals surface area contributed by atoms with Gasteiger partial charge in [0.1, 0.15) is 5.75 Å². The van der Waals surface area contributed by atoms with E-state index in [9.17, 15) is 4.79 Å². The summed E-state index contributed by atoms with van der Waals surface area (Å²) in [4.78, 5) is 15.5. The first-order valence-corrected chi connectivity index (χ1v) is 10.5. The van der Waals surface area contributed by atoms with E-state index in [1.165, 1.54) is 5.57 Å². The maximum atomic E-state index is 13.5. The van der Waals surface area contributed by atoms with Crippen molar-refractivity contribution < 1.29 is 14.3 Å². The fraction of sp³-hybridized carbons (Fsp3) is 0.280. The molecule has 0 bridgehead atoms. The van der Waals surface area contributed by atoms with Crippen LogP contribution in [0, 0.1) is 0 Å². The molecule has 2 aliphatic heterocycles. The number of hydrogen-bond acceptors (Lipinski definition) is 4. The maximum Gasteiger partial charge on any atom is 0.255 e. The largest absolute Gasteiger partial charge is 0.497 e. The summed E-state index contributed by atoms with van der Waals surface area (Å²) in [7, 11) is 1.66. The average Bonchev–Trinajstić information content (AvgIpc) is 3.47. The molecule has 158 valence electrons. The van der Waals surface area contributed by atoms with E-state index >= 15 is 0 Å². The van der Waals surface area contributed by atoms with E-state index in [2.05, 4.69) is 29.3 Å². The third kappa shape index (κ3) is 3.53. The van der Waals surface area contributed by atoms with Gasteiger partial charge in [0.05, 0.1) is 32.6 Å². The lowest BCUT2D eigenvalue weighted by atomic mass is 9.90. The van der Waals surface area contributed by atoms with Crippen LogP contribution in [-0.4, -0.2) is 41.3 Å². The molecule has 1 N–H and O–H groups in total. The highest BCUT2D eigenvalue weighted by Crippen LogP contribution is 2.39. The summed E-state index contributed by atoms with van der Waals surface area (Å²) in [5.74, 6) is 0.855. The molecule has 0 aliphatic carbocycles. The number of fused-ring (bicyclic) bond motifs is 1. The van der Waals surface area contributed by atoms with Gasteiger partial charge in [0.15, 0.2) is 0 Å². The quantitative estimate of drug-likeness (QED) is 0.661. The van der Waals surface area contributed by atoms with Gasteiger partial charge in [-0.3, -0.25) is 9.89 Å². The zero-order chi connectivity index (χ0) is 21.4. The number of rotatable bonds is 5. The Morgan fingerprint density at radius 1 is 1.19 bits per heavy atom. The van der Waals surface area contributed by atoms with Crippen molar-refractivity contribution >= 4 is 11.5 Å². The van der Waals surface area contributed by atoms with Crippen LogP contribution in [0.15, 0.2) is 54.9 Å². The van der Waals surface area contributed by atoms with Crippen LogP contribution >= 0.6 is 0 Å². The summed E-state index contributed by atoms with van der Waals surface area (Å²) in [5, 5.41) is 6.96. The normalized spacial score (nSPS) is 16.8. The minimum absolute atomic E-state index is 0.0598. The Kier molecular flexibility index (Phi) is 5.08. The second kappa shape index (κ2) is 8.04. The molecule has 0 fully saturated rings. The van der Waals surface area contributed by atoms with Gasteiger partial charge in [0.2, 0.25) is 0 Å². The number of benzene rings is 2. The number of aromatic amines is 1. The second-order valence-electron chi connectivity index (χ2n) is 7.98.